The molecule has 17 heavy (non-hydrogen) atoms. The summed E-state index contributed by atoms with van der Waals surface area (Å²) >= 11 is 6.61. The van der Waals surface area contributed by atoms with Crippen molar-refractivity contribution in [1.82, 2.24) is 4.98 Å². The van der Waals surface area contributed by atoms with Crippen molar-refractivity contribution in [2.45, 2.75) is 0 Å². The lowest BCUT2D eigenvalue weighted by Gasteiger charge is -2.06. The Labute approximate surface area is 116 Å². The average Bonchev–Trinajstić information content (AvgIpc) is 2.32. The molecule has 2 rings (SSSR count). The van der Waals surface area contributed by atoms with Gasteiger partial charge in [-0.15, -0.1) is 0 Å². The molecule has 0 aliphatic rings. The minimum atomic E-state index is -0.167. The van der Waals surface area contributed by atoms with Crippen LogP contribution in [0.2, 0.25) is 0 Å². The molecular formula is C12H8Br2N2O. The molecule has 2 aromatic rings. The Morgan fingerprint density at radius 2 is 2.00 bits per heavy atom. The maximum atomic E-state index is 11.9. The van der Waals surface area contributed by atoms with E-state index < -0.39 is 0 Å². The number of benzene rings is 1. The number of nitrogens with one attached hydrogen (secondary N) is 1. The highest BCUT2D eigenvalue weighted by Crippen LogP contribution is 2.20. The zero-order chi connectivity index (χ0) is 12.3. The Morgan fingerprint density at radius 1 is 1.18 bits per heavy atom. The molecule has 0 aliphatic heterocycles. The molecule has 1 amide bonds. The van der Waals surface area contributed by atoms with Crippen LogP contribution in [0.3, 0.4) is 0 Å². The average molecular weight is 356 g/mol. The zero-order valence-corrected chi connectivity index (χ0v) is 11.8. The van der Waals surface area contributed by atoms with Gasteiger partial charge in [0.2, 0.25) is 0 Å². The molecule has 0 atom stereocenters. The summed E-state index contributed by atoms with van der Waals surface area (Å²) in [5.74, 6) is -0.167. The van der Waals surface area contributed by atoms with E-state index in [0.29, 0.717) is 15.9 Å². The van der Waals surface area contributed by atoms with Crippen molar-refractivity contribution in [3.63, 3.8) is 0 Å². The number of amides is 1. The van der Waals surface area contributed by atoms with Crippen molar-refractivity contribution in [2.24, 2.45) is 0 Å². The minimum Gasteiger partial charge on any atom is -0.320 e. The normalized spacial score (nSPS) is 10.0. The Bertz CT molecular complexity index is 558. The van der Waals surface area contributed by atoms with Gasteiger partial charge in [0.1, 0.15) is 4.60 Å². The first-order valence-corrected chi connectivity index (χ1v) is 6.43. The summed E-state index contributed by atoms with van der Waals surface area (Å²) in [4.78, 5) is 16.0. The van der Waals surface area contributed by atoms with E-state index >= 15 is 0 Å². The van der Waals surface area contributed by atoms with E-state index in [1.54, 1.807) is 30.5 Å². The van der Waals surface area contributed by atoms with Gasteiger partial charge in [-0.1, -0.05) is 22.0 Å². The Morgan fingerprint density at radius 3 is 2.71 bits per heavy atom. The van der Waals surface area contributed by atoms with Gasteiger partial charge >= 0.3 is 0 Å². The molecule has 0 saturated heterocycles. The van der Waals surface area contributed by atoms with Crippen molar-refractivity contribution in [1.29, 1.82) is 0 Å². The van der Waals surface area contributed by atoms with Crippen LogP contribution in [0.1, 0.15) is 10.4 Å². The molecule has 0 aliphatic carbocycles. The number of halogens is 2. The molecule has 0 spiro atoms. The first-order chi connectivity index (χ1) is 8.16. The molecule has 0 saturated carbocycles. The number of aromatic nitrogens is 1. The lowest BCUT2D eigenvalue weighted by molar-refractivity contribution is 0.102. The molecule has 5 heteroatoms. The number of carbonyl (C=O) groups excluding carboxylic acids is 1. The largest absolute Gasteiger partial charge is 0.320 e. The SMILES string of the molecule is O=C(Nc1cccnc1Br)c1cccc(Br)c1. The number of anilines is 1. The van der Waals surface area contributed by atoms with Crippen molar-refractivity contribution >= 4 is 43.5 Å². The molecule has 1 heterocycles. The standard InChI is InChI=1S/C12H8Br2N2O/c13-9-4-1-3-8(7-9)12(17)16-10-5-2-6-15-11(10)14/h1-7H,(H,16,17). The Kier molecular flexibility index (Phi) is 3.91. The fourth-order valence-corrected chi connectivity index (χ4v) is 2.05. The molecule has 0 unspecified atom stereocenters. The summed E-state index contributed by atoms with van der Waals surface area (Å²) in [6.45, 7) is 0. The number of carbonyl (C=O) groups is 1. The number of pyridine rings is 1. The highest BCUT2D eigenvalue weighted by Gasteiger charge is 2.08. The van der Waals surface area contributed by atoms with E-state index in [1.807, 2.05) is 12.1 Å². The van der Waals surface area contributed by atoms with Crippen LogP contribution < -0.4 is 5.32 Å². The first-order valence-electron chi connectivity index (χ1n) is 4.84. The van der Waals surface area contributed by atoms with Gasteiger partial charge in [0.25, 0.3) is 5.91 Å². The van der Waals surface area contributed by atoms with E-state index in [-0.39, 0.29) is 5.91 Å². The quantitative estimate of drug-likeness (QED) is 0.831. The summed E-state index contributed by atoms with van der Waals surface area (Å²) in [5, 5.41) is 2.78. The number of hydrogen-bond donors (Lipinski definition) is 1. The molecule has 1 aromatic heterocycles. The summed E-state index contributed by atoms with van der Waals surface area (Å²) in [6, 6.07) is 10.8. The number of nitrogens with zero attached hydrogens (tertiary/aromatic N) is 1. The fraction of sp³-hybridized carbons (Fsp3) is 0. The highest BCUT2D eigenvalue weighted by molar-refractivity contribution is 9.10. The van der Waals surface area contributed by atoms with Gasteiger partial charge < -0.3 is 5.32 Å². The monoisotopic (exact) mass is 354 g/mol. The van der Waals surface area contributed by atoms with Gasteiger partial charge in [0, 0.05) is 16.2 Å². The van der Waals surface area contributed by atoms with Crippen LogP contribution >= 0.6 is 31.9 Å². The lowest BCUT2D eigenvalue weighted by Crippen LogP contribution is -2.12. The maximum Gasteiger partial charge on any atom is 0.255 e. The van der Waals surface area contributed by atoms with Crippen LogP contribution in [-0.4, -0.2) is 10.9 Å². The number of hydrogen-bond acceptors (Lipinski definition) is 2. The van der Waals surface area contributed by atoms with Crippen LogP contribution in [-0.2, 0) is 0 Å². The van der Waals surface area contributed by atoms with Crippen molar-refractivity contribution < 1.29 is 4.79 Å². The molecular weight excluding hydrogens is 348 g/mol. The summed E-state index contributed by atoms with van der Waals surface area (Å²) in [7, 11) is 0. The van der Waals surface area contributed by atoms with Crippen molar-refractivity contribution in [2.75, 3.05) is 5.32 Å². The van der Waals surface area contributed by atoms with Crippen LogP contribution in [0.5, 0.6) is 0 Å². The number of rotatable bonds is 2. The predicted molar refractivity (Wildman–Crippen MR) is 74.0 cm³/mol. The third kappa shape index (κ3) is 3.14. The predicted octanol–water partition coefficient (Wildman–Crippen LogP) is 3.86. The van der Waals surface area contributed by atoms with Gasteiger partial charge in [-0.05, 0) is 46.3 Å². The summed E-state index contributed by atoms with van der Waals surface area (Å²) < 4.78 is 1.48. The van der Waals surface area contributed by atoms with Crippen LogP contribution in [0.25, 0.3) is 0 Å². The van der Waals surface area contributed by atoms with Crippen LogP contribution in [0, 0.1) is 0 Å². The highest BCUT2D eigenvalue weighted by atomic mass is 79.9. The fourth-order valence-electron chi connectivity index (χ4n) is 1.30. The molecule has 1 N–H and O–H groups in total. The zero-order valence-electron chi connectivity index (χ0n) is 8.65. The van der Waals surface area contributed by atoms with E-state index in [1.165, 1.54) is 0 Å². The van der Waals surface area contributed by atoms with E-state index in [2.05, 4.69) is 42.2 Å². The minimum absolute atomic E-state index is 0.167. The molecule has 0 bridgehead atoms. The smallest absolute Gasteiger partial charge is 0.255 e. The van der Waals surface area contributed by atoms with Gasteiger partial charge in [0.15, 0.2) is 0 Å². The summed E-state index contributed by atoms with van der Waals surface area (Å²) in [5.41, 5.74) is 1.24. The van der Waals surface area contributed by atoms with Crippen LogP contribution in [0.15, 0.2) is 51.7 Å². The molecule has 0 fully saturated rings. The third-order valence-corrected chi connectivity index (χ3v) is 3.22. The van der Waals surface area contributed by atoms with Gasteiger partial charge in [-0.2, -0.15) is 0 Å². The second-order valence-corrected chi connectivity index (χ2v) is 4.97. The second kappa shape index (κ2) is 5.42. The summed E-state index contributed by atoms with van der Waals surface area (Å²) in [6.07, 6.45) is 1.65. The molecule has 0 radical (unpaired) electrons. The maximum absolute atomic E-state index is 11.9. The van der Waals surface area contributed by atoms with Gasteiger partial charge in [-0.25, -0.2) is 4.98 Å². The topological polar surface area (TPSA) is 42.0 Å². The van der Waals surface area contributed by atoms with Crippen molar-refractivity contribution in [3.8, 4) is 0 Å². The van der Waals surface area contributed by atoms with E-state index in [0.717, 1.165) is 4.47 Å². The first kappa shape index (κ1) is 12.3. The third-order valence-electron chi connectivity index (χ3n) is 2.09. The van der Waals surface area contributed by atoms with Gasteiger partial charge in [0.05, 0.1) is 5.69 Å². The molecule has 86 valence electrons. The lowest BCUT2D eigenvalue weighted by atomic mass is 10.2. The van der Waals surface area contributed by atoms with Gasteiger partial charge in [-0.3, -0.25) is 4.79 Å². The Balaban J connectivity index is 2.20. The molecule has 1 aromatic carbocycles. The molecule has 3 nitrogen and oxygen atoms in total. The van der Waals surface area contributed by atoms with Crippen molar-refractivity contribution in [3.05, 3.63) is 57.2 Å². The van der Waals surface area contributed by atoms with E-state index in [4.69, 9.17) is 0 Å². The Hall–Kier alpha value is -1.20. The second-order valence-electron chi connectivity index (χ2n) is 3.31. The van der Waals surface area contributed by atoms with E-state index in [9.17, 15) is 4.79 Å². The van der Waals surface area contributed by atoms with Crippen LogP contribution in [0.4, 0.5) is 5.69 Å².